The first-order valence-electron chi connectivity index (χ1n) is 10.9. The molecule has 1 fully saturated rings. The zero-order chi connectivity index (χ0) is 24.0. The summed E-state index contributed by atoms with van der Waals surface area (Å²) in [7, 11) is 0. The number of hydrogen-bond donors (Lipinski definition) is 1. The fraction of sp³-hybridized carbons (Fsp3) is 0.458. The van der Waals surface area contributed by atoms with Crippen molar-refractivity contribution in [3.8, 4) is 5.88 Å². The second kappa shape index (κ2) is 8.37. The van der Waals surface area contributed by atoms with Gasteiger partial charge >= 0.3 is 0 Å². The lowest BCUT2D eigenvalue weighted by atomic mass is 9.85. The normalized spacial score (nSPS) is 18.7. The van der Waals surface area contributed by atoms with Gasteiger partial charge < -0.3 is 14.8 Å². The monoisotopic (exact) mass is 459 g/mol. The number of nitrogens with zero attached hydrogens (tertiary/aromatic N) is 2. The Labute approximate surface area is 191 Å². The van der Waals surface area contributed by atoms with Crippen LogP contribution in [0.2, 0.25) is 0 Å². The summed E-state index contributed by atoms with van der Waals surface area (Å²) in [4.78, 5) is 31.3. The van der Waals surface area contributed by atoms with Crippen molar-refractivity contribution in [2.75, 3.05) is 24.7 Å². The molecule has 33 heavy (non-hydrogen) atoms. The zero-order valence-electron chi connectivity index (χ0n) is 19.1. The van der Waals surface area contributed by atoms with Gasteiger partial charge in [-0.05, 0) is 58.2 Å². The van der Waals surface area contributed by atoms with E-state index in [0.29, 0.717) is 38.2 Å². The summed E-state index contributed by atoms with van der Waals surface area (Å²) in [6, 6.07) is 3.82. The van der Waals surface area contributed by atoms with Gasteiger partial charge in [-0.1, -0.05) is 0 Å². The highest BCUT2D eigenvalue weighted by atomic mass is 19.1. The molecule has 1 aromatic heterocycles. The van der Waals surface area contributed by atoms with Crippen LogP contribution in [0.5, 0.6) is 5.88 Å². The summed E-state index contributed by atoms with van der Waals surface area (Å²) in [6.07, 6.45) is 2.20. The number of hydrogen-bond acceptors (Lipinski definition) is 5. The average Bonchev–Trinajstić information content (AvgIpc) is 2.94. The van der Waals surface area contributed by atoms with Crippen molar-refractivity contribution >= 4 is 23.2 Å². The van der Waals surface area contributed by atoms with Gasteiger partial charge in [0.25, 0.3) is 5.91 Å². The number of carbonyl (C=O) groups excluding carboxylic acids is 2. The first-order valence-corrected chi connectivity index (χ1v) is 10.9. The quantitative estimate of drug-likeness (QED) is 0.731. The Morgan fingerprint density at radius 2 is 1.85 bits per heavy atom. The Morgan fingerprint density at radius 3 is 2.52 bits per heavy atom. The highest BCUT2D eigenvalue weighted by Gasteiger charge is 2.46. The van der Waals surface area contributed by atoms with Crippen LogP contribution in [0.25, 0.3) is 0 Å². The molecule has 1 N–H and O–H groups in total. The molecular formula is C24H27F2N3O4. The number of amides is 2. The van der Waals surface area contributed by atoms with E-state index in [9.17, 15) is 14.0 Å². The lowest BCUT2D eigenvalue weighted by Crippen LogP contribution is -2.49. The van der Waals surface area contributed by atoms with Crippen LogP contribution in [0, 0.1) is 11.6 Å². The molecule has 2 aromatic rings. The van der Waals surface area contributed by atoms with E-state index in [-0.39, 0.29) is 22.8 Å². The lowest BCUT2D eigenvalue weighted by molar-refractivity contribution is -0.121. The van der Waals surface area contributed by atoms with E-state index in [2.05, 4.69) is 10.3 Å². The zero-order valence-corrected chi connectivity index (χ0v) is 19.1. The second-order valence-electron chi connectivity index (χ2n) is 9.15. The molecule has 7 nitrogen and oxygen atoms in total. The molecule has 2 aliphatic rings. The van der Waals surface area contributed by atoms with E-state index in [4.69, 9.17) is 9.47 Å². The Balaban J connectivity index is 1.75. The standard InChI is InChI=1S/C24H27F2N3O4/c1-5-33-20-12-19(17(26)13-27-20)29-18-11-16(25)14(10-15(18)23(2,3)22(29)31)21(30)28-24(4)6-8-32-9-7-24/h10-13H,5-9H2,1-4H3,(H,28,30). The molecule has 1 aromatic carbocycles. The van der Waals surface area contributed by atoms with Crippen LogP contribution < -0.4 is 15.0 Å². The van der Waals surface area contributed by atoms with Crippen molar-refractivity contribution in [2.24, 2.45) is 0 Å². The third-order valence-corrected chi connectivity index (χ3v) is 6.34. The van der Waals surface area contributed by atoms with Crippen molar-refractivity contribution in [3.05, 3.63) is 47.2 Å². The summed E-state index contributed by atoms with van der Waals surface area (Å²) in [5, 5.41) is 2.91. The number of halogens is 2. The molecule has 2 aliphatic heterocycles. The van der Waals surface area contributed by atoms with Crippen LogP contribution in [-0.4, -0.2) is 42.2 Å². The molecule has 0 spiro atoms. The topological polar surface area (TPSA) is 80.8 Å². The van der Waals surface area contributed by atoms with Gasteiger partial charge in [0.15, 0.2) is 5.82 Å². The third-order valence-electron chi connectivity index (χ3n) is 6.34. The summed E-state index contributed by atoms with van der Waals surface area (Å²) < 4.78 is 40.6. The molecule has 0 unspecified atom stereocenters. The summed E-state index contributed by atoms with van der Waals surface area (Å²) in [5.41, 5.74) is -1.24. The Hall–Kier alpha value is -3.07. The molecule has 2 amide bonds. The summed E-state index contributed by atoms with van der Waals surface area (Å²) in [5.74, 6) is -2.40. The number of anilines is 2. The van der Waals surface area contributed by atoms with Crippen molar-refractivity contribution in [1.82, 2.24) is 10.3 Å². The van der Waals surface area contributed by atoms with E-state index in [1.807, 2.05) is 6.92 Å². The minimum atomic E-state index is -1.11. The van der Waals surface area contributed by atoms with Crippen LogP contribution in [-0.2, 0) is 14.9 Å². The van der Waals surface area contributed by atoms with Gasteiger partial charge in [0.1, 0.15) is 5.82 Å². The first kappa shape index (κ1) is 23.1. The highest BCUT2D eigenvalue weighted by Crippen LogP contribution is 2.47. The van der Waals surface area contributed by atoms with Crippen LogP contribution >= 0.6 is 0 Å². The van der Waals surface area contributed by atoms with Gasteiger partial charge in [0, 0.05) is 24.8 Å². The molecule has 0 bridgehead atoms. The lowest BCUT2D eigenvalue weighted by Gasteiger charge is -2.34. The predicted octanol–water partition coefficient (Wildman–Crippen LogP) is 4.01. The Kier molecular flexibility index (Phi) is 5.86. The first-order chi connectivity index (χ1) is 15.6. The number of ether oxygens (including phenoxy) is 2. The minimum absolute atomic E-state index is 0.0865. The highest BCUT2D eigenvalue weighted by molar-refractivity contribution is 6.13. The number of pyridine rings is 1. The number of rotatable bonds is 5. The predicted molar refractivity (Wildman–Crippen MR) is 118 cm³/mol. The fourth-order valence-electron chi connectivity index (χ4n) is 4.26. The van der Waals surface area contributed by atoms with Crippen molar-refractivity contribution < 1.29 is 27.8 Å². The minimum Gasteiger partial charge on any atom is -0.478 e. The molecule has 176 valence electrons. The van der Waals surface area contributed by atoms with E-state index in [1.165, 1.54) is 12.1 Å². The van der Waals surface area contributed by atoms with Crippen LogP contribution in [0.4, 0.5) is 20.2 Å². The number of aromatic nitrogens is 1. The summed E-state index contributed by atoms with van der Waals surface area (Å²) >= 11 is 0. The Morgan fingerprint density at radius 1 is 1.15 bits per heavy atom. The van der Waals surface area contributed by atoms with Crippen LogP contribution in [0.3, 0.4) is 0 Å². The Bertz CT molecular complexity index is 1110. The van der Waals surface area contributed by atoms with Gasteiger partial charge in [-0.15, -0.1) is 0 Å². The SMILES string of the molecule is CCOc1cc(N2C(=O)C(C)(C)c3cc(C(=O)NC4(C)CCOCC4)c(F)cc32)c(F)cn1. The van der Waals surface area contributed by atoms with Crippen molar-refractivity contribution in [2.45, 2.75) is 51.5 Å². The van der Waals surface area contributed by atoms with E-state index in [1.54, 1.807) is 20.8 Å². The van der Waals surface area contributed by atoms with E-state index >= 15 is 4.39 Å². The van der Waals surface area contributed by atoms with E-state index < -0.39 is 34.4 Å². The van der Waals surface area contributed by atoms with Gasteiger partial charge in [-0.3, -0.25) is 14.5 Å². The molecule has 0 saturated carbocycles. The molecule has 3 heterocycles. The second-order valence-corrected chi connectivity index (χ2v) is 9.15. The van der Waals surface area contributed by atoms with Gasteiger partial charge in [0.05, 0.1) is 35.2 Å². The average molecular weight is 459 g/mol. The summed E-state index contributed by atoms with van der Waals surface area (Å²) in [6.45, 7) is 8.32. The maximum absolute atomic E-state index is 15.2. The maximum atomic E-state index is 15.2. The fourth-order valence-corrected chi connectivity index (χ4v) is 4.26. The van der Waals surface area contributed by atoms with Crippen molar-refractivity contribution in [3.63, 3.8) is 0 Å². The maximum Gasteiger partial charge on any atom is 0.254 e. The number of benzene rings is 1. The van der Waals surface area contributed by atoms with Crippen LogP contribution in [0.15, 0.2) is 24.4 Å². The number of fused-ring (bicyclic) bond motifs is 1. The molecule has 9 heteroatoms. The van der Waals surface area contributed by atoms with Gasteiger partial charge in [-0.25, -0.2) is 13.8 Å². The number of carbonyl (C=O) groups is 2. The van der Waals surface area contributed by atoms with Gasteiger partial charge in [-0.2, -0.15) is 0 Å². The molecule has 4 rings (SSSR count). The third kappa shape index (κ3) is 4.06. The number of nitrogens with one attached hydrogen (secondary N) is 1. The molecular weight excluding hydrogens is 432 g/mol. The van der Waals surface area contributed by atoms with Gasteiger partial charge in [0.2, 0.25) is 11.8 Å². The largest absolute Gasteiger partial charge is 0.478 e. The molecule has 0 atom stereocenters. The smallest absolute Gasteiger partial charge is 0.254 e. The van der Waals surface area contributed by atoms with Crippen LogP contribution in [0.1, 0.15) is 56.5 Å². The molecule has 0 radical (unpaired) electrons. The van der Waals surface area contributed by atoms with Crippen molar-refractivity contribution in [1.29, 1.82) is 0 Å². The molecule has 0 aliphatic carbocycles. The molecule has 1 saturated heterocycles. The van der Waals surface area contributed by atoms with E-state index in [0.717, 1.165) is 17.2 Å².